The van der Waals surface area contributed by atoms with Crippen molar-refractivity contribution in [2.45, 2.75) is 29.9 Å². The first-order valence-electron chi connectivity index (χ1n) is 6.47. The maximum absolute atomic E-state index is 11.8. The maximum Gasteiger partial charge on any atom is 0.250 e. The molecule has 0 saturated carbocycles. The Balaban J connectivity index is 2.16. The van der Waals surface area contributed by atoms with Crippen LogP contribution in [0.5, 0.6) is 0 Å². The van der Waals surface area contributed by atoms with Gasteiger partial charge in [-0.2, -0.15) is 0 Å². The lowest BCUT2D eigenvalue weighted by atomic mass is 10.2. The van der Waals surface area contributed by atoms with Crippen LogP contribution in [0.3, 0.4) is 0 Å². The highest BCUT2D eigenvalue weighted by Crippen LogP contribution is 2.14. The first-order chi connectivity index (χ1) is 9.56. The van der Waals surface area contributed by atoms with Crippen molar-refractivity contribution < 1.29 is 18.3 Å². The van der Waals surface area contributed by atoms with Crippen molar-refractivity contribution in [2.24, 2.45) is 0 Å². The van der Waals surface area contributed by atoms with Crippen molar-refractivity contribution in [3.05, 3.63) is 17.5 Å². The number of aliphatic hydroxyl groups is 1. The Morgan fingerprint density at radius 3 is 2.70 bits per heavy atom. The van der Waals surface area contributed by atoms with Gasteiger partial charge in [-0.15, -0.1) is 11.3 Å². The molecule has 1 rings (SSSR count). The van der Waals surface area contributed by atoms with Crippen molar-refractivity contribution in [1.29, 1.82) is 0 Å². The molecule has 8 heteroatoms. The third-order valence-corrected chi connectivity index (χ3v) is 5.42. The van der Waals surface area contributed by atoms with Crippen LogP contribution in [0.15, 0.2) is 21.7 Å². The molecule has 0 atom stereocenters. The first-order valence-corrected chi connectivity index (χ1v) is 8.83. The molecule has 1 amide bonds. The standard InChI is InChI=1S/C12H20N2O4S2/c15-9-3-1-2-7-13-11(16)6-8-14-20(17,18)12-5-4-10-19-12/h4-5,10,14-15H,1-3,6-9H2,(H,13,16). The zero-order valence-electron chi connectivity index (χ0n) is 11.2. The van der Waals surface area contributed by atoms with Gasteiger partial charge in [-0.05, 0) is 30.7 Å². The van der Waals surface area contributed by atoms with Gasteiger partial charge in [0.25, 0.3) is 0 Å². The largest absolute Gasteiger partial charge is 0.396 e. The topological polar surface area (TPSA) is 95.5 Å². The number of hydrogen-bond acceptors (Lipinski definition) is 5. The van der Waals surface area contributed by atoms with Crippen molar-refractivity contribution in [2.75, 3.05) is 19.7 Å². The summed E-state index contributed by atoms with van der Waals surface area (Å²) in [7, 11) is -3.48. The van der Waals surface area contributed by atoms with E-state index in [-0.39, 0.29) is 29.7 Å². The van der Waals surface area contributed by atoms with Crippen LogP contribution in [0.25, 0.3) is 0 Å². The van der Waals surface area contributed by atoms with Crippen molar-refractivity contribution in [3.63, 3.8) is 0 Å². The molecular formula is C12H20N2O4S2. The number of hydrogen-bond donors (Lipinski definition) is 3. The number of unbranched alkanes of at least 4 members (excludes halogenated alkanes) is 2. The molecule has 0 aliphatic carbocycles. The minimum absolute atomic E-state index is 0.0860. The molecular weight excluding hydrogens is 300 g/mol. The lowest BCUT2D eigenvalue weighted by Gasteiger charge is -2.06. The van der Waals surface area contributed by atoms with E-state index < -0.39 is 10.0 Å². The van der Waals surface area contributed by atoms with E-state index in [1.54, 1.807) is 11.4 Å². The van der Waals surface area contributed by atoms with Crippen LogP contribution in [0.1, 0.15) is 25.7 Å². The van der Waals surface area contributed by atoms with Crippen molar-refractivity contribution in [3.8, 4) is 0 Å². The van der Waals surface area contributed by atoms with Crippen LogP contribution in [0.2, 0.25) is 0 Å². The van der Waals surface area contributed by atoms with E-state index in [1.165, 1.54) is 6.07 Å². The highest BCUT2D eigenvalue weighted by atomic mass is 32.2. The van der Waals surface area contributed by atoms with E-state index in [2.05, 4.69) is 10.0 Å². The van der Waals surface area contributed by atoms with Gasteiger partial charge in [0, 0.05) is 26.1 Å². The number of sulfonamides is 1. The number of amides is 1. The number of carbonyl (C=O) groups excluding carboxylic acids is 1. The summed E-state index contributed by atoms with van der Waals surface area (Å²) >= 11 is 1.14. The maximum atomic E-state index is 11.8. The monoisotopic (exact) mass is 320 g/mol. The molecule has 114 valence electrons. The van der Waals surface area contributed by atoms with Gasteiger partial charge in [0.15, 0.2) is 0 Å². The molecule has 1 aromatic rings. The van der Waals surface area contributed by atoms with Crippen molar-refractivity contribution >= 4 is 27.3 Å². The summed E-state index contributed by atoms with van der Waals surface area (Å²) in [5.74, 6) is -0.178. The molecule has 0 saturated heterocycles. The van der Waals surface area contributed by atoms with E-state index in [0.29, 0.717) is 6.54 Å². The predicted octanol–water partition coefficient (Wildman–Crippen LogP) is 0.695. The lowest BCUT2D eigenvalue weighted by Crippen LogP contribution is -2.31. The van der Waals surface area contributed by atoms with Gasteiger partial charge in [0.2, 0.25) is 15.9 Å². The number of nitrogens with one attached hydrogen (secondary N) is 2. The van der Waals surface area contributed by atoms with E-state index in [9.17, 15) is 13.2 Å². The molecule has 0 bridgehead atoms. The zero-order valence-corrected chi connectivity index (χ0v) is 12.8. The number of aliphatic hydroxyl groups excluding tert-OH is 1. The highest BCUT2D eigenvalue weighted by Gasteiger charge is 2.14. The molecule has 1 aromatic heterocycles. The number of thiophene rings is 1. The smallest absolute Gasteiger partial charge is 0.250 e. The minimum Gasteiger partial charge on any atom is -0.396 e. The Labute approximate surface area is 123 Å². The van der Waals surface area contributed by atoms with Gasteiger partial charge >= 0.3 is 0 Å². The van der Waals surface area contributed by atoms with Crippen molar-refractivity contribution in [1.82, 2.24) is 10.0 Å². The summed E-state index contributed by atoms with van der Waals surface area (Å²) in [5, 5.41) is 13.0. The van der Waals surface area contributed by atoms with Crippen LogP contribution in [-0.4, -0.2) is 39.1 Å². The van der Waals surface area contributed by atoms with Crippen LogP contribution in [0, 0.1) is 0 Å². The van der Waals surface area contributed by atoms with Gasteiger partial charge in [-0.25, -0.2) is 13.1 Å². The second-order valence-corrected chi connectivity index (χ2v) is 7.16. The van der Waals surface area contributed by atoms with Gasteiger partial charge in [-0.1, -0.05) is 6.07 Å². The Morgan fingerprint density at radius 1 is 1.25 bits per heavy atom. The number of carbonyl (C=O) groups is 1. The van der Waals surface area contributed by atoms with Crippen LogP contribution >= 0.6 is 11.3 Å². The fourth-order valence-electron chi connectivity index (χ4n) is 1.52. The summed E-state index contributed by atoms with van der Waals surface area (Å²) in [6.07, 6.45) is 2.52. The number of rotatable bonds is 10. The summed E-state index contributed by atoms with van der Waals surface area (Å²) in [4.78, 5) is 11.5. The molecule has 0 aromatic carbocycles. The van der Waals surface area contributed by atoms with Gasteiger partial charge in [-0.3, -0.25) is 4.79 Å². The van der Waals surface area contributed by atoms with Crippen LogP contribution in [-0.2, 0) is 14.8 Å². The molecule has 0 spiro atoms. The Morgan fingerprint density at radius 2 is 2.05 bits per heavy atom. The molecule has 0 unspecified atom stereocenters. The van der Waals surface area contributed by atoms with Gasteiger partial charge in [0.1, 0.15) is 4.21 Å². The fourth-order valence-corrected chi connectivity index (χ4v) is 3.59. The molecule has 20 heavy (non-hydrogen) atoms. The third-order valence-electron chi connectivity index (χ3n) is 2.56. The SMILES string of the molecule is O=C(CCNS(=O)(=O)c1cccs1)NCCCCCO. The average molecular weight is 320 g/mol. The molecule has 6 nitrogen and oxygen atoms in total. The zero-order chi connectivity index (χ0) is 14.8. The van der Waals surface area contributed by atoms with Crippen LogP contribution in [0.4, 0.5) is 0 Å². The molecule has 3 N–H and O–H groups in total. The van der Waals surface area contributed by atoms with E-state index >= 15 is 0 Å². The highest BCUT2D eigenvalue weighted by molar-refractivity contribution is 7.91. The van der Waals surface area contributed by atoms with Gasteiger partial charge in [0.05, 0.1) is 0 Å². The molecule has 0 aliphatic heterocycles. The quantitative estimate of drug-likeness (QED) is 0.553. The van der Waals surface area contributed by atoms with Gasteiger partial charge < -0.3 is 10.4 Å². The summed E-state index contributed by atoms with van der Waals surface area (Å²) in [6, 6.07) is 3.19. The van der Waals surface area contributed by atoms with E-state index in [0.717, 1.165) is 30.6 Å². The summed E-state index contributed by atoms with van der Waals surface area (Å²) in [5.41, 5.74) is 0. The Kier molecular flexibility index (Phi) is 7.75. The second kappa shape index (κ2) is 9.06. The third kappa shape index (κ3) is 6.47. The molecule has 0 radical (unpaired) electrons. The van der Waals surface area contributed by atoms with E-state index in [4.69, 9.17) is 5.11 Å². The molecule has 1 heterocycles. The average Bonchev–Trinajstić information content (AvgIpc) is 2.93. The van der Waals surface area contributed by atoms with Crippen LogP contribution < -0.4 is 10.0 Å². The predicted molar refractivity (Wildman–Crippen MR) is 78.1 cm³/mol. The first kappa shape index (κ1) is 17.1. The lowest BCUT2D eigenvalue weighted by molar-refractivity contribution is -0.120. The summed E-state index contributed by atoms with van der Waals surface area (Å²) in [6.45, 7) is 0.803. The fraction of sp³-hybridized carbons (Fsp3) is 0.583. The second-order valence-electron chi connectivity index (χ2n) is 4.21. The normalized spacial score (nSPS) is 11.4. The van der Waals surface area contributed by atoms with E-state index in [1.807, 2.05) is 0 Å². The Hall–Kier alpha value is -0.960. The molecule has 0 fully saturated rings. The molecule has 0 aliphatic rings. The Bertz CT molecular complexity index is 486. The summed E-state index contributed by atoms with van der Waals surface area (Å²) < 4.78 is 26.1. The minimum atomic E-state index is -3.48.